The van der Waals surface area contributed by atoms with Gasteiger partial charge >= 0.3 is 5.97 Å². The lowest BCUT2D eigenvalue weighted by Crippen LogP contribution is -2.38. The zero-order valence-corrected chi connectivity index (χ0v) is 25.3. The number of carbonyl (C=O) groups is 1. The highest BCUT2D eigenvalue weighted by Crippen LogP contribution is 2.36. The van der Waals surface area contributed by atoms with Crippen LogP contribution in [0.25, 0.3) is 0 Å². The Bertz CT molecular complexity index is 784. The molecule has 0 unspecified atom stereocenters. The lowest BCUT2D eigenvalue weighted by molar-refractivity contribution is -0.149. The molecule has 0 spiro atoms. The molecule has 0 saturated heterocycles. The second kappa shape index (κ2) is 19.4. The maximum atomic E-state index is 12.3. The molecule has 0 aliphatic heterocycles. The van der Waals surface area contributed by atoms with E-state index >= 15 is 0 Å². The highest BCUT2D eigenvalue weighted by atomic mass is 16.4. The van der Waals surface area contributed by atoms with Crippen LogP contribution in [-0.2, 0) is 11.2 Å². The van der Waals surface area contributed by atoms with Gasteiger partial charge in [0.25, 0.3) is 0 Å². The van der Waals surface area contributed by atoms with Crippen LogP contribution in [0, 0.1) is 35.5 Å². The number of hydrogen-bond donors (Lipinski definition) is 3. The second-order valence-electron chi connectivity index (χ2n) is 12.8. The van der Waals surface area contributed by atoms with E-state index in [1.54, 1.807) is 6.92 Å². The van der Waals surface area contributed by atoms with Crippen molar-refractivity contribution in [2.75, 3.05) is 6.54 Å². The Kier molecular flexibility index (Phi) is 16.7. The van der Waals surface area contributed by atoms with Crippen molar-refractivity contribution in [3.05, 3.63) is 48.0 Å². The van der Waals surface area contributed by atoms with Crippen LogP contribution in [0.4, 0.5) is 0 Å². The monoisotopic (exact) mass is 541 g/mol. The highest BCUT2D eigenvalue weighted by Gasteiger charge is 2.37. The summed E-state index contributed by atoms with van der Waals surface area (Å²) < 4.78 is 0. The molecular formula is C35H59NO3. The van der Waals surface area contributed by atoms with E-state index in [-0.39, 0.29) is 11.8 Å². The fraction of sp³-hybridized carbons (Fsp3) is 0.743. The van der Waals surface area contributed by atoms with Gasteiger partial charge < -0.3 is 15.9 Å². The summed E-state index contributed by atoms with van der Waals surface area (Å²) >= 11 is 0. The van der Waals surface area contributed by atoms with E-state index in [1.165, 1.54) is 63.4 Å². The van der Waals surface area contributed by atoms with Crippen molar-refractivity contribution in [3.8, 4) is 0 Å². The quantitative estimate of drug-likeness (QED) is 0.145. The molecule has 1 aliphatic carbocycles. The number of nitrogens with two attached hydrogens (primary N) is 1. The predicted molar refractivity (Wildman–Crippen MR) is 165 cm³/mol. The third-order valence-corrected chi connectivity index (χ3v) is 9.22. The zero-order valence-electron chi connectivity index (χ0n) is 25.3. The minimum atomic E-state index is -0.887. The first-order valence-corrected chi connectivity index (χ1v) is 16.1. The molecule has 0 amide bonds. The predicted octanol–water partition coefficient (Wildman–Crippen LogP) is 8.42. The molecule has 1 aromatic carbocycles. The number of aliphatic carboxylic acids is 1. The summed E-state index contributed by atoms with van der Waals surface area (Å²) in [7, 11) is 0. The van der Waals surface area contributed by atoms with Crippen LogP contribution < -0.4 is 5.73 Å². The van der Waals surface area contributed by atoms with Crippen LogP contribution >= 0.6 is 0 Å². The number of rotatable bonds is 20. The molecule has 0 bridgehead atoms. The van der Waals surface area contributed by atoms with Gasteiger partial charge in [-0.2, -0.15) is 0 Å². The van der Waals surface area contributed by atoms with Crippen LogP contribution in [0.1, 0.15) is 116 Å². The minimum Gasteiger partial charge on any atom is -0.481 e. The van der Waals surface area contributed by atoms with Gasteiger partial charge in [0.2, 0.25) is 0 Å². The summed E-state index contributed by atoms with van der Waals surface area (Å²) in [6.07, 6.45) is 21.6. The number of aliphatic hydroxyl groups excluding tert-OH is 1. The van der Waals surface area contributed by atoms with Crippen LogP contribution in [0.3, 0.4) is 0 Å². The Labute approximate surface area is 239 Å². The number of aryl methyl sites for hydroxylation is 1. The van der Waals surface area contributed by atoms with Crippen LogP contribution in [0.5, 0.6) is 0 Å². The summed E-state index contributed by atoms with van der Waals surface area (Å²) in [5.41, 5.74) is 7.30. The molecule has 0 radical (unpaired) electrons. The Morgan fingerprint density at radius 2 is 1.64 bits per heavy atom. The molecular weight excluding hydrogens is 482 g/mol. The van der Waals surface area contributed by atoms with Crippen LogP contribution in [0.15, 0.2) is 42.5 Å². The van der Waals surface area contributed by atoms with Crippen molar-refractivity contribution in [1.82, 2.24) is 0 Å². The van der Waals surface area contributed by atoms with E-state index in [1.807, 2.05) is 18.2 Å². The fourth-order valence-corrected chi connectivity index (χ4v) is 6.83. The maximum absolute atomic E-state index is 12.3. The van der Waals surface area contributed by atoms with Gasteiger partial charge in [-0.05, 0) is 106 Å². The second-order valence-corrected chi connectivity index (χ2v) is 12.8. The van der Waals surface area contributed by atoms with Crippen molar-refractivity contribution < 1.29 is 15.0 Å². The number of carboxylic acids is 1. The van der Waals surface area contributed by atoms with Gasteiger partial charge in [-0.15, -0.1) is 0 Å². The first-order valence-electron chi connectivity index (χ1n) is 16.1. The summed E-state index contributed by atoms with van der Waals surface area (Å²) in [6.45, 7) is 6.79. The van der Waals surface area contributed by atoms with E-state index in [2.05, 4.69) is 38.1 Å². The van der Waals surface area contributed by atoms with E-state index in [0.29, 0.717) is 18.4 Å². The zero-order chi connectivity index (χ0) is 28.5. The Hall–Kier alpha value is -1.65. The molecule has 39 heavy (non-hydrogen) atoms. The van der Waals surface area contributed by atoms with Gasteiger partial charge in [0.15, 0.2) is 0 Å². The van der Waals surface area contributed by atoms with Gasteiger partial charge in [-0.3, -0.25) is 4.79 Å². The number of aliphatic hydroxyl groups is 1. The average Bonchev–Trinajstić information content (AvgIpc) is 2.91. The normalized spacial score (nSPS) is 18.7. The number of allylic oxidation sites excluding steroid dienone is 2. The Morgan fingerprint density at radius 3 is 2.26 bits per heavy atom. The van der Waals surface area contributed by atoms with Crippen molar-refractivity contribution in [2.24, 2.45) is 41.2 Å². The summed E-state index contributed by atoms with van der Waals surface area (Å²) in [6, 6.07) is 10.3. The Balaban J connectivity index is 2.05. The molecule has 1 aliphatic rings. The molecule has 222 valence electrons. The smallest absolute Gasteiger partial charge is 0.309 e. The van der Waals surface area contributed by atoms with E-state index in [4.69, 9.17) is 5.73 Å². The standard InChI is InChI=1S/C35H59NO3/c1-27(2)19-20-31(18-12-5-9-15-29-13-7-4-8-14-29)21-23-32(25-26-36)33(34(28(3)37)35(38)39)24-22-30-16-10-6-11-17-30/h5-6,10-12,16-17,27-29,31-34,37H,4,7-9,13-15,18-26,36H2,1-3H3,(H,38,39)/b12-5-/t28-,31+,32+,33-,34+/m0/s1. The Morgan fingerprint density at radius 1 is 0.949 bits per heavy atom. The molecule has 0 aromatic heterocycles. The summed E-state index contributed by atoms with van der Waals surface area (Å²) in [4.78, 5) is 12.3. The van der Waals surface area contributed by atoms with Crippen molar-refractivity contribution in [3.63, 3.8) is 0 Å². The third-order valence-electron chi connectivity index (χ3n) is 9.22. The largest absolute Gasteiger partial charge is 0.481 e. The highest BCUT2D eigenvalue weighted by molar-refractivity contribution is 5.71. The van der Waals surface area contributed by atoms with Crippen molar-refractivity contribution in [2.45, 2.75) is 123 Å². The average molecular weight is 542 g/mol. The van der Waals surface area contributed by atoms with Gasteiger partial charge in [0, 0.05) is 0 Å². The van der Waals surface area contributed by atoms with E-state index in [9.17, 15) is 15.0 Å². The molecule has 4 nitrogen and oxygen atoms in total. The number of hydrogen-bond acceptors (Lipinski definition) is 3. The SMILES string of the molecule is CC(C)CC[C@@H](C/C=C\CCC1CCCCC1)CC[C@H](CCN)[C@H](CCc1ccccc1)[C@H](C(=O)O)[C@H](C)O. The van der Waals surface area contributed by atoms with Crippen molar-refractivity contribution >= 4 is 5.97 Å². The van der Waals surface area contributed by atoms with Gasteiger partial charge in [-0.25, -0.2) is 0 Å². The molecule has 0 heterocycles. The fourth-order valence-electron chi connectivity index (χ4n) is 6.83. The van der Waals surface area contributed by atoms with Gasteiger partial charge in [0.1, 0.15) is 0 Å². The lowest BCUT2D eigenvalue weighted by atomic mass is 9.71. The molecule has 5 atom stereocenters. The van der Waals surface area contributed by atoms with Gasteiger partial charge in [0.05, 0.1) is 12.0 Å². The molecule has 1 aromatic rings. The van der Waals surface area contributed by atoms with Crippen molar-refractivity contribution in [1.29, 1.82) is 0 Å². The van der Waals surface area contributed by atoms with E-state index < -0.39 is 18.0 Å². The minimum absolute atomic E-state index is 0.0944. The first-order chi connectivity index (χ1) is 18.8. The third kappa shape index (κ3) is 13.5. The topological polar surface area (TPSA) is 83.6 Å². The molecule has 1 fully saturated rings. The van der Waals surface area contributed by atoms with Gasteiger partial charge in [-0.1, -0.05) is 94.9 Å². The number of carboxylic acid groups (broad SMARTS) is 1. The molecule has 4 N–H and O–H groups in total. The number of benzene rings is 1. The van der Waals surface area contributed by atoms with Crippen LogP contribution in [0.2, 0.25) is 0 Å². The lowest BCUT2D eigenvalue weighted by Gasteiger charge is -2.34. The molecule has 4 heteroatoms. The summed E-state index contributed by atoms with van der Waals surface area (Å²) in [5, 5.41) is 20.6. The maximum Gasteiger partial charge on any atom is 0.309 e. The van der Waals surface area contributed by atoms with Crippen LogP contribution in [-0.4, -0.2) is 28.8 Å². The summed E-state index contributed by atoms with van der Waals surface area (Å²) in [5.74, 6) is 0.688. The molecule has 1 saturated carbocycles. The molecule has 2 rings (SSSR count). The van der Waals surface area contributed by atoms with E-state index in [0.717, 1.165) is 44.4 Å². The first kappa shape index (κ1) is 33.6.